The van der Waals surface area contributed by atoms with Crippen LogP contribution in [-0.2, 0) is 9.59 Å². The molecule has 1 atom stereocenters. The maximum absolute atomic E-state index is 13.1. The van der Waals surface area contributed by atoms with Gasteiger partial charge in [-0.15, -0.1) is 11.3 Å². The third-order valence-electron chi connectivity index (χ3n) is 5.30. The molecule has 3 heterocycles. The largest absolute Gasteiger partial charge is 0.507 e. The fourth-order valence-electron chi connectivity index (χ4n) is 3.78. The third kappa shape index (κ3) is 3.90. The van der Waals surface area contributed by atoms with Crippen LogP contribution in [0.1, 0.15) is 16.5 Å². The first-order valence-corrected chi connectivity index (χ1v) is 11.1. The minimum Gasteiger partial charge on any atom is -0.507 e. The first-order valence-electron chi connectivity index (χ1n) is 10.2. The minimum absolute atomic E-state index is 0.0539. The number of aromatic nitrogens is 1. The zero-order chi connectivity index (χ0) is 22.8. The molecule has 5 rings (SSSR count). The van der Waals surface area contributed by atoms with Crippen LogP contribution in [0.25, 0.3) is 5.76 Å². The molecule has 2 aromatic heterocycles. The van der Waals surface area contributed by atoms with Crippen molar-refractivity contribution in [3.05, 3.63) is 113 Å². The van der Waals surface area contributed by atoms with Gasteiger partial charge in [0.15, 0.2) is 0 Å². The van der Waals surface area contributed by atoms with Gasteiger partial charge in [-0.1, -0.05) is 24.3 Å². The first-order chi connectivity index (χ1) is 16.1. The highest BCUT2D eigenvalue weighted by Gasteiger charge is 2.47. The van der Waals surface area contributed by atoms with E-state index >= 15 is 0 Å². The number of ketones is 1. The molecule has 4 aromatic rings. The Labute approximate surface area is 194 Å². The number of benzene rings is 2. The van der Waals surface area contributed by atoms with Gasteiger partial charge in [0.1, 0.15) is 23.3 Å². The number of carbonyl (C=O) groups is 2. The molecule has 0 spiro atoms. The number of hydrogen-bond donors (Lipinski definition) is 1. The van der Waals surface area contributed by atoms with E-state index in [1.54, 1.807) is 36.4 Å². The zero-order valence-corrected chi connectivity index (χ0v) is 18.1. The van der Waals surface area contributed by atoms with Gasteiger partial charge in [0, 0.05) is 28.5 Å². The second-order valence-electron chi connectivity index (χ2n) is 7.33. The van der Waals surface area contributed by atoms with Crippen molar-refractivity contribution >= 4 is 34.5 Å². The van der Waals surface area contributed by atoms with Crippen molar-refractivity contribution in [2.24, 2.45) is 0 Å². The molecule has 162 valence electrons. The molecule has 1 fully saturated rings. The quantitative estimate of drug-likeness (QED) is 0.243. The summed E-state index contributed by atoms with van der Waals surface area (Å²) in [4.78, 5) is 32.3. The van der Waals surface area contributed by atoms with E-state index in [4.69, 9.17) is 4.74 Å². The Hall–Kier alpha value is -4.23. The smallest absolute Gasteiger partial charge is 0.300 e. The molecule has 1 N–H and O–H groups in total. The van der Waals surface area contributed by atoms with Gasteiger partial charge in [0.2, 0.25) is 0 Å². The van der Waals surface area contributed by atoms with E-state index in [0.717, 1.165) is 4.88 Å². The highest BCUT2D eigenvalue weighted by atomic mass is 32.1. The van der Waals surface area contributed by atoms with Crippen LogP contribution in [0.4, 0.5) is 5.69 Å². The van der Waals surface area contributed by atoms with Crippen molar-refractivity contribution in [1.29, 1.82) is 0 Å². The number of hydrogen-bond acceptors (Lipinski definition) is 6. The number of rotatable bonds is 5. The lowest BCUT2D eigenvalue weighted by molar-refractivity contribution is -0.132. The molecule has 1 aliphatic heterocycles. The monoisotopic (exact) mass is 454 g/mol. The van der Waals surface area contributed by atoms with Gasteiger partial charge in [-0.3, -0.25) is 19.5 Å². The molecule has 33 heavy (non-hydrogen) atoms. The summed E-state index contributed by atoms with van der Waals surface area (Å²) in [6.45, 7) is 0. The van der Waals surface area contributed by atoms with E-state index in [1.807, 2.05) is 47.8 Å². The number of pyridine rings is 1. The predicted molar refractivity (Wildman–Crippen MR) is 126 cm³/mol. The predicted octanol–water partition coefficient (Wildman–Crippen LogP) is 5.56. The standard InChI is InChI=1S/C26H18N2O4S/c29-24(17-12-14-27-15-13-17)22-23(21-7-4-16-33-21)28(26(31)25(22)30)18-8-10-20(11-9-18)32-19-5-2-1-3-6-19/h1-16,23,29H/b24-22-. The van der Waals surface area contributed by atoms with Crippen LogP contribution in [0.3, 0.4) is 0 Å². The van der Waals surface area contributed by atoms with E-state index in [0.29, 0.717) is 22.7 Å². The number of aliphatic hydroxyl groups excluding tert-OH is 1. The molecule has 0 saturated carbocycles. The van der Waals surface area contributed by atoms with Crippen LogP contribution in [0.15, 0.2) is 102 Å². The summed E-state index contributed by atoms with van der Waals surface area (Å²) in [7, 11) is 0. The number of thiophene rings is 1. The van der Waals surface area contributed by atoms with Crippen molar-refractivity contribution in [3.63, 3.8) is 0 Å². The highest BCUT2D eigenvalue weighted by molar-refractivity contribution is 7.10. The average Bonchev–Trinajstić information content (AvgIpc) is 3.47. The number of amides is 1. The molecule has 2 aromatic carbocycles. The molecule has 6 nitrogen and oxygen atoms in total. The Morgan fingerprint density at radius 1 is 0.879 bits per heavy atom. The zero-order valence-electron chi connectivity index (χ0n) is 17.3. The fourth-order valence-corrected chi connectivity index (χ4v) is 4.60. The molecular formula is C26H18N2O4S. The van der Waals surface area contributed by atoms with Crippen LogP contribution in [0.2, 0.25) is 0 Å². The van der Waals surface area contributed by atoms with E-state index in [2.05, 4.69) is 4.98 Å². The van der Waals surface area contributed by atoms with Gasteiger partial charge in [0.25, 0.3) is 11.7 Å². The summed E-state index contributed by atoms with van der Waals surface area (Å²) in [6, 6.07) is 22.5. The van der Waals surface area contributed by atoms with Crippen LogP contribution in [0.5, 0.6) is 11.5 Å². The van der Waals surface area contributed by atoms with Crippen molar-refractivity contribution in [1.82, 2.24) is 4.98 Å². The molecule has 0 bridgehead atoms. The minimum atomic E-state index is -0.737. The Morgan fingerprint density at radius 2 is 1.58 bits per heavy atom. The second-order valence-corrected chi connectivity index (χ2v) is 8.31. The summed E-state index contributed by atoms with van der Waals surface area (Å²) >= 11 is 1.42. The molecule has 1 aliphatic rings. The molecule has 0 aliphatic carbocycles. The van der Waals surface area contributed by atoms with E-state index < -0.39 is 17.7 Å². The number of nitrogens with zero attached hydrogens (tertiary/aromatic N) is 2. The van der Waals surface area contributed by atoms with Gasteiger partial charge in [0.05, 0.1) is 5.57 Å². The van der Waals surface area contributed by atoms with E-state index in [1.165, 1.54) is 28.6 Å². The van der Waals surface area contributed by atoms with Gasteiger partial charge in [-0.25, -0.2) is 0 Å². The number of para-hydroxylation sites is 1. The molecule has 1 unspecified atom stereocenters. The van der Waals surface area contributed by atoms with Crippen LogP contribution in [-0.4, -0.2) is 21.8 Å². The van der Waals surface area contributed by atoms with Crippen molar-refractivity contribution in [3.8, 4) is 11.5 Å². The summed E-state index contributed by atoms with van der Waals surface area (Å²) in [5, 5.41) is 12.9. The number of carbonyl (C=O) groups excluding carboxylic acids is 2. The average molecular weight is 455 g/mol. The SMILES string of the molecule is O=C1C(=O)N(c2ccc(Oc3ccccc3)cc2)C(c2cccs2)/C1=C(/O)c1ccncc1. The van der Waals surface area contributed by atoms with Gasteiger partial charge in [-0.2, -0.15) is 0 Å². The van der Waals surface area contributed by atoms with Crippen LogP contribution >= 0.6 is 11.3 Å². The normalized spacial score (nSPS) is 17.3. The second kappa shape index (κ2) is 8.72. The summed E-state index contributed by atoms with van der Waals surface area (Å²) in [6.07, 6.45) is 3.05. The van der Waals surface area contributed by atoms with Gasteiger partial charge in [-0.05, 0) is 60.0 Å². The Bertz CT molecular complexity index is 1320. The number of ether oxygens (including phenoxy) is 1. The lowest BCUT2D eigenvalue weighted by Crippen LogP contribution is -2.29. The maximum atomic E-state index is 13.1. The fraction of sp³-hybridized carbons (Fsp3) is 0.0385. The third-order valence-corrected chi connectivity index (χ3v) is 6.23. The summed E-state index contributed by atoms with van der Waals surface area (Å²) in [5.74, 6) is -0.346. The Balaban J connectivity index is 1.55. The van der Waals surface area contributed by atoms with E-state index in [9.17, 15) is 14.7 Å². The molecule has 1 saturated heterocycles. The number of Topliss-reactive ketones (excluding diaryl/α,β-unsaturated/α-hetero) is 1. The number of anilines is 1. The van der Waals surface area contributed by atoms with Crippen molar-refractivity contribution in [2.45, 2.75) is 6.04 Å². The van der Waals surface area contributed by atoms with Crippen molar-refractivity contribution < 1.29 is 19.4 Å². The topological polar surface area (TPSA) is 79.7 Å². The molecular weight excluding hydrogens is 436 g/mol. The Kier molecular flexibility index (Phi) is 5.46. The van der Waals surface area contributed by atoms with E-state index in [-0.39, 0.29) is 11.3 Å². The summed E-state index contributed by atoms with van der Waals surface area (Å²) < 4.78 is 5.84. The summed E-state index contributed by atoms with van der Waals surface area (Å²) in [5.41, 5.74) is 1.01. The van der Waals surface area contributed by atoms with Gasteiger partial charge >= 0.3 is 0 Å². The lowest BCUT2D eigenvalue weighted by Gasteiger charge is -2.24. The molecule has 7 heteroatoms. The molecule has 1 amide bonds. The van der Waals surface area contributed by atoms with Crippen LogP contribution < -0.4 is 9.64 Å². The van der Waals surface area contributed by atoms with Crippen LogP contribution in [0, 0.1) is 0 Å². The van der Waals surface area contributed by atoms with Crippen molar-refractivity contribution in [2.75, 3.05) is 4.90 Å². The maximum Gasteiger partial charge on any atom is 0.300 e. The Morgan fingerprint density at radius 3 is 2.24 bits per heavy atom. The number of aliphatic hydroxyl groups is 1. The lowest BCUT2D eigenvalue weighted by atomic mass is 10.0. The molecule has 0 radical (unpaired) electrons. The highest BCUT2D eigenvalue weighted by Crippen LogP contribution is 2.43. The van der Waals surface area contributed by atoms with Gasteiger partial charge < -0.3 is 9.84 Å². The first kappa shape index (κ1) is 20.7.